The summed E-state index contributed by atoms with van der Waals surface area (Å²) >= 11 is 6.31. The lowest BCUT2D eigenvalue weighted by atomic mass is 9.91. The molecule has 0 saturated carbocycles. The van der Waals surface area contributed by atoms with Crippen LogP contribution in [0.3, 0.4) is 0 Å². The molecule has 1 aromatic carbocycles. The summed E-state index contributed by atoms with van der Waals surface area (Å²) in [6, 6.07) is 4.64. The van der Waals surface area contributed by atoms with Crippen molar-refractivity contribution in [2.75, 3.05) is 65.6 Å². The van der Waals surface area contributed by atoms with Gasteiger partial charge in [0.1, 0.15) is 23.8 Å². The minimum absolute atomic E-state index is 0.0230. The summed E-state index contributed by atoms with van der Waals surface area (Å²) in [4.78, 5) is 24.1. The second kappa shape index (κ2) is 18.9. The van der Waals surface area contributed by atoms with Crippen LogP contribution in [0.5, 0.6) is 5.75 Å². The number of amides is 1. The Morgan fingerprint density at radius 1 is 1.17 bits per heavy atom. The number of nitrogens with zero attached hydrogens (tertiary/aromatic N) is 4. The molecule has 0 aromatic heterocycles. The van der Waals surface area contributed by atoms with Gasteiger partial charge >= 0.3 is 0 Å². The average Bonchev–Trinajstić information content (AvgIpc) is 3.08. The molecule has 0 radical (unpaired) electrons. The lowest BCUT2D eigenvalue weighted by molar-refractivity contribution is -0.134. The molecule has 2 unspecified atom stereocenters. The molecule has 2 saturated heterocycles. The van der Waals surface area contributed by atoms with E-state index in [1.807, 2.05) is 6.21 Å². The van der Waals surface area contributed by atoms with Crippen molar-refractivity contribution in [3.8, 4) is 5.75 Å². The molecule has 3 heterocycles. The predicted molar refractivity (Wildman–Crippen MR) is 182 cm³/mol. The van der Waals surface area contributed by atoms with Crippen LogP contribution in [0.4, 0.5) is 4.39 Å². The third-order valence-electron chi connectivity index (χ3n) is 9.82. The number of hydrogen-bond donors (Lipinski definition) is 6. The molecule has 14 heteroatoms. The van der Waals surface area contributed by atoms with E-state index in [0.717, 1.165) is 58.3 Å². The maximum absolute atomic E-state index is 14.9. The summed E-state index contributed by atoms with van der Waals surface area (Å²) in [5.41, 5.74) is -0.825. The Morgan fingerprint density at radius 3 is 2.56 bits per heavy atom. The fraction of sp³-hybridized carbons (Fsp3) is 0.765. The van der Waals surface area contributed by atoms with Crippen molar-refractivity contribution in [2.45, 2.75) is 93.9 Å². The number of aliphatic hydroxyl groups is 5. The van der Waals surface area contributed by atoms with Gasteiger partial charge in [0.2, 0.25) is 5.91 Å². The van der Waals surface area contributed by atoms with Crippen LogP contribution < -0.4 is 10.1 Å². The summed E-state index contributed by atoms with van der Waals surface area (Å²) < 4.78 is 20.8. The Bertz CT molecular complexity index is 1170. The molecule has 2 fully saturated rings. The fourth-order valence-electron chi connectivity index (χ4n) is 6.81. The number of halogens is 2. The highest BCUT2D eigenvalue weighted by atomic mass is 35.5. The molecule has 0 aliphatic carbocycles. The van der Waals surface area contributed by atoms with Gasteiger partial charge in [-0.1, -0.05) is 13.0 Å². The van der Waals surface area contributed by atoms with Crippen molar-refractivity contribution in [1.29, 1.82) is 0 Å². The number of hydrogen-bond acceptors (Lipinski definition) is 11. The molecule has 4 rings (SSSR count). The van der Waals surface area contributed by atoms with Gasteiger partial charge in [0.15, 0.2) is 6.29 Å². The van der Waals surface area contributed by atoms with Gasteiger partial charge in [-0.3, -0.25) is 19.6 Å². The number of nitrogens with one attached hydrogen (secondary N) is 1. The topological polar surface area (TPSA) is 162 Å². The monoisotopic (exact) mass is 699 g/mol. The first kappa shape index (κ1) is 38.9. The number of aliphatic hydroxyl groups excluding tert-OH is 4. The highest BCUT2D eigenvalue weighted by Crippen LogP contribution is 2.27. The van der Waals surface area contributed by atoms with E-state index < -0.39 is 36.3 Å². The fourth-order valence-corrected chi connectivity index (χ4v) is 7.05. The van der Waals surface area contributed by atoms with Gasteiger partial charge in [-0.05, 0) is 62.5 Å². The minimum atomic E-state index is -1.52. The standard InChI is InChI=1S/C34H55ClFN5O7/c1-2-11-41-21-26(35)19-38-33(41)40-12-7-24(8-13-40)4-3-16-48-27-6-5-25(28(36)18-27)17-31(45)39-14-9-34(47,10-15-39)23-37-20-29(43)32(46)30(44)22-42/h5-6,18-19,24,26,29-30,32-33,37,42-44,46-47H,2-4,7-17,20-23H2,1H3/t26?,29-,30+,32-,33?/m0/s1. The quantitative estimate of drug-likeness (QED) is 0.102. The summed E-state index contributed by atoms with van der Waals surface area (Å²) in [5.74, 6) is 0.364. The molecular weight excluding hydrogens is 645 g/mol. The largest absolute Gasteiger partial charge is 0.493 e. The summed E-state index contributed by atoms with van der Waals surface area (Å²) in [6.07, 6.45) is 3.42. The number of benzene rings is 1. The smallest absolute Gasteiger partial charge is 0.227 e. The van der Waals surface area contributed by atoms with E-state index in [2.05, 4.69) is 22.0 Å². The van der Waals surface area contributed by atoms with E-state index in [1.54, 1.807) is 17.0 Å². The Morgan fingerprint density at radius 2 is 1.90 bits per heavy atom. The maximum atomic E-state index is 14.9. The molecule has 1 amide bonds. The van der Waals surface area contributed by atoms with Crippen LogP contribution in [0.1, 0.15) is 57.4 Å². The lowest BCUT2D eigenvalue weighted by Crippen LogP contribution is -2.54. The zero-order valence-electron chi connectivity index (χ0n) is 28.1. The van der Waals surface area contributed by atoms with Gasteiger partial charge in [-0.15, -0.1) is 11.6 Å². The molecule has 1 aromatic rings. The number of piperidine rings is 2. The Labute approximate surface area is 288 Å². The van der Waals surface area contributed by atoms with Crippen LogP contribution in [-0.2, 0) is 11.2 Å². The molecule has 0 spiro atoms. The molecule has 272 valence electrons. The Hall–Kier alpha value is -1.94. The zero-order chi connectivity index (χ0) is 34.7. The first-order valence-corrected chi connectivity index (χ1v) is 17.9. The normalized spacial score (nSPS) is 24.4. The van der Waals surface area contributed by atoms with E-state index in [9.17, 15) is 29.6 Å². The SMILES string of the molecule is CCCN1CC(Cl)C=NC1N1CCC(CCCOc2ccc(CC(=O)N3CCC(O)(CNC[C@H](O)[C@H](O)[C@H](O)CO)CC3)c(F)c2)CC1. The molecule has 3 aliphatic heterocycles. The average molecular weight is 700 g/mol. The first-order chi connectivity index (χ1) is 23.0. The van der Waals surface area contributed by atoms with Crippen LogP contribution in [0.15, 0.2) is 23.2 Å². The predicted octanol–water partition coefficient (Wildman–Crippen LogP) is 0.945. The van der Waals surface area contributed by atoms with Crippen molar-refractivity contribution in [3.05, 3.63) is 29.6 Å². The van der Waals surface area contributed by atoms with E-state index in [1.165, 1.54) is 6.07 Å². The molecule has 6 N–H and O–H groups in total. The van der Waals surface area contributed by atoms with Crippen molar-refractivity contribution in [3.63, 3.8) is 0 Å². The Balaban J connectivity index is 1.12. The van der Waals surface area contributed by atoms with Crippen molar-refractivity contribution >= 4 is 23.7 Å². The third-order valence-corrected chi connectivity index (χ3v) is 10.1. The van der Waals surface area contributed by atoms with Gasteiger partial charge < -0.3 is 40.5 Å². The Kier molecular flexibility index (Phi) is 15.3. The van der Waals surface area contributed by atoms with Gasteiger partial charge in [0.25, 0.3) is 0 Å². The van der Waals surface area contributed by atoms with Crippen molar-refractivity contribution in [2.24, 2.45) is 10.9 Å². The first-order valence-electron chi connectivity index (χ1n) is 17.4. The number of carbonyl (C=O) groups excluding carboxylic acids is 1. The molecule has 0 bridgehead atoms. The summed E-state index contributed by atoms with van der Waals surface area (Å²) in [5, 5.41) is 51.8. The highest BCUT2D eigenvalue weighted by Gasteiger charge is 2.35. The van der Waals surface area contributed by atoms with Gasteiger partial charge in [-0.25, -0.2) is 4.39 Å². The molecule has 48 heavy (non-hydrogen) atoms. The second-order valence-corrected chi connectivity index (χ2v) is 14.2. The highest BCUT2D eigenvalue weighted by molar-refractivity contribution is 6.28. The number of likely N-dealkylation sites (tertiary alicyclic amines) is 2. The second-order valence-electron chi connectivity index (χ2n) is 13.6. The van der Waals surface area contributed by atoms with E-state index >= 15 is 0 Å². The lowest BCUT2D eigenvalue weighted by Gasteiger charge is -2.43. The van der Waals surface area contributed by atoms with Crippen LogP contribution in [0.2, 0.25) is 0 Å². The number of ether oxygens (including phenoxy) is 1. The van der Waals surface area contributed by atoms with Crippen LogP contribution in [0.25, 0.3) is 0 Å². The minimum Gasteiger partial charge on any atom is -0.493 e. The van der Waals surface area contributed by atoms with Crippen LogP contribution in [0, 0.1) is 11.7 Å². The van der Waals surface area contributed by atoms with E-state index in [-0.39, 0.29) is 37.1 Å². The number of carbonyl (C=O) groups is 1. The van der Waals surface area contributed by atoms with Crippen molar-refractivity contribution < 1.29 is 39.5 Å². The molecule has 3 aliphatic rings. The van der Waals surface area contributed by atoms with Crippen LogP contribution >= 0.6 is 11.6 Å². The third kappa shape index (κ3) is 11.3. The number of alkyl halides is 1. The van der Waals surface area contributed by atoms with Gasteiger partial charge in [-0.2, -0.15) is 0 Å². The van der Waals surface area contributed by atoms with E-state index in [4.69, 9.17) is 26.4 Å². The summed E-state index contributed by atoms with van der Waals surface area (Å²) in [7, 11) is 0. The summed E-state index contributed by atoms with van der Waals surface area (Å²) in [6.45, 7) is 6.48. The zero-order valence-corrected chi connectivity index (χ0v) is 28.9. The molecular formula is C34H55ClFN5O7. The van der Waals surface area contributed by atoms with Crippen molar-refractivity contribution in [1.82, 2.24) is 20.0 Å². The number of rotatable bonds is 17. The molecule has 12 nitrogen and oxygen atoms in total. The number of aliphatic imine (C=N–C) groups is 1. The van der Waals surface area contributed by atoms with E-state index in [0.29, 0.717) is 49.8 Å². The van der Waals surface area contributed by atoms with Gasteiger partial charge in [0.05, 0.1) is 36.7 Å². The van der Waals surface area contributed by atoms with Crippen LogP contribution in [-0.4, -0.2) is 154 Å². The van der Waals surface area contributed by atoms with Gasteiger partial charge in [0, 0.05) is 64.6 Å². The maximum Gasteiger partial charge on any atom is 0.227 e. The molecule has 5 atom stereocenters.